The summed E-state index contributed by atoms with van der Waals surface area (Å²) < 4.78 is 5.24. The fourth-order valence-electron chi connectivity index (χ4n) is 3.18. The zero-order valence-corrected chi connectivity index (χ0v) is 14.5. The summed E-state index contributed by atoms with van der Waals surface area (Å²) in [6, 6.07) is 15.0. The van der Waals surface area contributed by atoms with E-state index in [2.05, 4.69) is 16.4 Å². The number of hydrogen-bond donors (Lipinski definition) is 2. The van der Waals surface area contributed by atoms with Crippen LogP contribution >= 0.6 is 12.2 Å². The molecule has 1 aromatic heterocycles. The zero-order chi connectivity index (χ0) is 17.4. The van der Waals surface area contributed by atoms with Gasteiger partial charge in [0, 0.05) is 29.6 Å². The molecule has 1 atom stereocenters. The summed E-state index contributed by atoms with van der Waals surface area (Å²) in [4.78, 5) is 17.7. The summed E-state index contributed by atoms with van der Waals surface area (Å²) >= 11 is 5.39. The minimum Gasteiger partial charge on any atom is -0.497 e. The number of H-pyrrole nitrogens is 1. The van der Waals surface area contributed by atoms with Crippen LogP contribution in [-0.4, -0.2) is 29.2 Å². The zero-order valence-electron chi connectivity index (χ0n) is 13.7. The van der Waals surface area contributed by atoms with Crippen LogP contribution in [-0.2, 0) is 11.2 Å². The molecular formula is C19H17N3O2S. The van der Waals surface area contributed by atoms with E-state index in [0.717, 1.165) is 16.5 Å². The van der Waals surface area contributed by atoms with Crippen molar-refractivity contribution in [3.05, 3.63) is 60.3 Å². The number of benzene rings is 2. The van der Waals surface area contributed by atoms with Gasteiger partial charge in [-0.1, -0.05) is 24.3 Å². The van der Waals surface area contributed by atoms with Crippen molar-refractivity contribution < 1.29 is 9.53 Å². The first-order chi connectivity index (χ1) is 12.2. The number of carbonyl (C=O) groups excluding carboxylic acids is 1. The molecular weight excluding hydrogens is 334 g/mol. The van der Waals surface area contributed by atoms with Gasteiger partial charge in [-0.3, -0.25) is 9.69 Å². The molecule has 1 saturated heterocycles. The SMILES string of the molecule is COc1cccc(N2C(=O)[C@H](Cc3c[nH]c4ccccc34)NC2=S)c1. The first-order valence-corrected chi connectivity index (χ1v) is 8.41. The van der Waals surface area contributed by atoms with Crippen molar-refractivity contribution in [2.24, 2.45) is 0 Å². The Bertz CT molecular complexity index is 966. The Hall–Kier alpha value is -2.86. The van der Waals surface area contributed by atoms with E-state index in [-0.39, 0.29) is 11.9 Å². The molecule has 1 aliphatic rings. The van der Waals surface area contributed by atoms with Gasteiger partial charge in [0.25, 0.3) is 5.91 Å². The highest BCUT2D eigenvalue weighted by Gasteiger charge is 2.36. The Morgan fingerprint density at radius 2 is 2.04 bits per heavy atom. The van der Waals surface area contributed by atoms with Gasteiger partial charge in [0.2, 0.25) is 0 Å². The number of carbonyl (C=O) groups is 1. The van der Waals surface area contributed by atoms with Crippen LogP contribution in [0.25, 0.3) is 10.9 Å². The molecule has 4 rings (SSSR count). The maximum atomic E-state index is 12.9. The normalized spacial score (nSPS) is 17.2. The number of fused-ring (bicyclic) bond motifs is 1. The fraction of sp³-hybridized carbons (Fsp3) is 0.158. The molecule has 0 saturated carbocycles. The number of para-hydroxylation sites is 1. The van der Waals surface area contributed by atoms with Crippen molar-refractivity contribution in [3.8, 4) is 5.75 Å². The Morgan fingerprint density at radius 1 is 1.20 bits per heavy atom. The van der Waals surface area contributed by atoms with E-state index in [9.17, 15) is 4.79 Å². The van der Waals surface area contributed by atoms with Crippen LogP contribution in [0.5, 0.6) is 5.75 Å². The highest BCUT2D eigenvalue weighted by atomic mass is 32.1. The molecule has 1 amide bonds. The number of amides is 1. The van der Waals surface area contributed by atoms with Crippen molar-refractivity contribution in [2.45, 2.75) is 12.5 Å². The third-order valence-corrected chi connectivity index (χ3v) is 4.73. The van der Waals surface area contributed by atoms with Crippen molar-refractivity contribution in [1.82, 2.24) is 10.3 Å². The molecule has 126 valence electrons. The van der Waals surface area contributed by atoms with Gasteiger partial charge in [0.05, 0.1) is 12.8 Å². The molecule has 0 bridgehead atoms. The van der Waals surface area contributed by atoms with E-state index >= 15 is 0 Å². The largest absolute Gasteiger partial charge is 0.497 e. The van der Waals surface area contributed by atoms with Crippen molar-refractivity contribution in [1.29, 1.82) is 0 Å². The molecule has 5 nitrogen and oxygen atoms in total. The first kappa shape index (κ1) is 15.7. The van der Waals surface area contributed by atoms with Gasteiger partial charge in [0.1, 0.15) is 11.8 Å². The lowest BCUT2D eigenvalue weighted by Gasteiger charge is -2.15. The molecule has 2 aromatic carbocycles. The average molecular weight is 351 g/mol. The molecule has 0 radical (unpaired) electrons. The number of methoxy groups -OCH3 is 1. The summed E-state index contributed by atoms with van der Waals surface area (Å²) in [6.07, 6.45) is 2.53. The van der Waals surface area contributed by atoms with Crippen molar-refractivity contribution in [3.63, 3.8) is 0 Å². The highest BCUT2D eigenvalue weighted by Crippen LogP contribution is 2.26. The molecule has 3 aromatic rings. The van der Waals surface area contributed by atoms with E-state index < -0.39 is 0 Å². The van der Waals surface area contributed by atoms with Gasteiger partial charge >= 0.3 is 0 Å². The van der Waals surface area contributed by atoms with Crippen LogP contribution in [0.15, 0.2) is 54.7 Å². The van der Waals surface area contributed by atoms with Crippen LogP contribution < -0.4 is 15.0 Å². The maximum absolute atomic E-state index is 12.9. The topological polar surface area (TPSA) is 57.4 Å². The number of hydrogen-bond acceptors (Lipinski definition) is 3. The van der Waals surface area contributed by atoms with Gasteiger partial charge in [-0.05, 0) is 36.0 Å². The summed E-state index contributed by atoms with van der Waals surface area (Å²) in [5, 5.41) is 4.69. The molecule has 1 aliphatic heterocycles. The second kappa shape index (κ2) is 6.22. The summed E-state index contributed by atoms with van der Waals surface area (Å²) in [6.45, 7) is 0. The van der Waals surface area contributed by atoms with E-state index in [1.54, 1.807) is 13.2 Å². The van der Waals surface area contributed by atoms with Gasteiger partial charge in [-0.2, -0.15) is 0 Å². The standard InChI is InChI=1S/C19H17N3O2S/c1-24-14-6-4-5-13(10-14)22-18(23)17(21-19(22)25)9-12-11-20-16-8-3-2-7-15(12)16/h2-8,10-11,17,20H,9H2,1H3,(H,21,25)/t17-/m0/s1. The summed E-state index contributed by atoms with van der Waals surface area (Å²) in [7, 11) is 1.60. The predicted molar refractivity (Wildman–Crippen MR) is 102 cm³/mol. The number of aromatic nitrogens is 1. The van der Waals surface area contributed by atoms with E-state index in [4.69, 9.17) is 17.0 Å². The summed E-state index contributed by atoms with van der Waals surface area (Å²) in [5.41, 5.74) is 2.87. The fourth-order valence-corrected chi connectivity index (χ4v) is 3.52. The molecule has 25 heavy (non-hydrogen) atoms. The minimum absolute atomic E-state index is 0.0523. The number of nitrogens with one attached hydrogen (secondary N) is 2. The summed E-state index contributed by atoms with van der Waals surface area (Å²) in [5.74, 6) is 0.636. The van der Waals surface area contributed by atoms with Crippen LogP contribution in [0.3, 0.4) is 0 Å². The number of ether oxygens (including phenoxy) is 1. The second-order valence-electron chi connectivity index (χ2n) is 5.94. The second-order valence-corrected chi connectivity index (χ2v) is 6.33. The number of rotatable bonds is 4. The molecule has 2 N–H and O–H groups in total. The van der Waals surface area contributed by atoms with Gasteiger partial charge < -0.3 is 15.0 Å². The molecule has 0 unspecified atom stereocenters. The molecule has 0 aliphatic carbocycles. The minimum atomic E-state index is -0.377. The molecule has 6 heteroatoms. The molecule has 2 heterocycles. The van der Waals surface area contributed by atoms with E-state index in [0.29, 0.717) is 23.0 Å². The van der Waals surface area contributed by atoms with Crippen LogP contribution in [0.1, 0.15) is 5.56 Å². The smallest absolute Gasteiger partial charge is 0.256 e. The third kappa shape index (κ3) is 2.74. The van der Waals surface area contributed by atoms with Crippen LogP contribution in [0.4, 0.5) is 5.69 Å². The van der Waals surface area contributed by atoms with Crippen molar-refractivity contribution >= 4 is 39.8 Å². The lowest BCUT2D eigenvalue weighted by molar-refractivity contribution is -0.118. The lowest BCUT2D eigenvalue weighted by atomic mass is 10.0. The average Bonchev–Trinajstić information content (AvgIpc) is 3.16. The quantitative estimate of drug-likeness (QED) is 0.710. The monoisotopic (exact) mass is 351 g/mol. The van der Waals surface area contributed by atoms with Gasteiger partial charge in [-0.25, -0.2) is 0 Å². The van der Waals surface area contributed by atoms with E-state index in [1.165, 1.54) is 4.90 Å². The molecule has 0 spiro atoms. The number of thiocarbonyl (C=S) groups is 1. The predicted octanol–water partition coefficient (Wildman–Crippen LogP) is 3.01. The van der Waals surface area contributed by atoms with Gasteiger partial charge in [0.15, 0.2) is 5.11 Å². The number of nitrogens with zero attached hydrogens (tertiary/aromatic N) is 1. The highest BCUT2D eigenvalue weighted by molar-refractivity contribution is 7.80. The Kier molecular flexibility index (Phi) is 3.89. The number of aromatic amines is 1. The molecule has 1 fully saturated rings. The van der Waals surface area contributed by atoms with E-state index in [1.807, 2.05) is 42.6 Å². The van der Waals surface area contributed by atoms with Crippen LogP contribution in [0, 0.1) is 0 Å². The third-order valence-electron chi connectivity index (χ3n) is 4.43. The Labute approximate surface area is 150 Å². The van der Waals surface area contributed by atoms with Crippen LogP contribution in [0.2, 0.25) is 0 Å². The van der Waals surface area contributed by atoms with Crippen molar-refractivity contribution in [2.75, 3.05) is 12.0 Å². The lowest BCUT2D eigenvalue weighted by Crippen LogP contribution is -2.32. The first-order valence-electron chi connectivity index (χ1n) is 8.01. The Morgan fingerprint density at radius 3 is 2.88 bits per heavy atom. The van der Waals surface area contributed by atoms with Gasteiger partial charge in [-0.15, -0.1) is 0 Å². The number of anilines is 1. The maximum Gasteiger partial charge on any atom is 0.256 e. The Balaban J connectivity index is 1.60.